The Balaban J connectivity index is 1.47. The van der Waals surface area contributed by atoms with Gasteiger partial charge in [-0.15, -0.1) is 0 Å². The number of carbonyl (C=O) groups is 3. The van der Waals surface area contributed by atoms with Crippen molar-refractivity contribution in [3.8, 4) is 17.2 Å². The molecule has 0 saturated heterocycles. The number of methoxy groups -OCH3 is 2. The smallest absolute Gasteiger partial charge is 0.349 e. The van der Waals surface area contributed by atoms with Gasteiger partial charge in [0.25, 0.3) is 5.91 Å². The third-order valence-electron chi connectivity index (χ3n) is 8.68. The number of carbonyl (C=O) groups excluding carboxylic acids is 3. The Morgan fingerprint density at radius 1 is 1.04 bits per heavy atom. The molecule has 248 valence electrons. The van der Waals surface area contributed by atoms with Crippen LogP contribution >= 0.6 is 0 Å². The molecule has 6 rings (SSSR count). The summed E-state index contributed by atoms with van der Waals surface area (Å²) < 4.78 is 22.6. The van der Waals surface area contributed by atoms with E-state index in [4.69, 9.17) is 18.6 Å². The maximum absolute atomic E-state index is 14.4. The molecule has 48 heavy (non-hydrogen) atoms. The summed E-state index contributed by atoms with van der Waals surface area (Å²) in [5.41, 5.74) is 0.910. The molecular weight excluding hydrogens is 620 g/mol. The monoisotopic (exact) mass is 654 g/mol. The molecule has 2 amide bonds. The van der Waals surface area contributed by atoms with Gasteiger partial charge in [-0.3, -0.25) is 14.4 Å². The number of aliphatic hydroxyl groups is 2. The van der Waals surface area contributed by atoms with Crippen molar-refractivity contribution in [2.45, 2.75) is 30.6 Å². The van der Waals surface area contributed by atoms with Crippen LogP contribution in [0.1, 0.15) is 37.8 Å². The maximum Gasteiger partial charge on any atom is 0.349 e. The second-order valence-electron chi connectivity index (χ2n) is 11.5. The highest BCUT2D eigenvalue weighted by Crippen LogP contribution is 2.51. The molecule has 2 aliphatic rings. The number of benzene rings is 3. The molecule has 4 atom stereocenters. The zero-order valence-corrected chi connectivity index (χ0v) is 26.3. The van der Waals surface area contributed by atoms with E-state index in [9.17, 15) is 29.4 Å². The highest BCUT2D eigenvalue weighted by molar-refractivity contribution is 5.99. The zero-order chi connectivity index (χ0) is 33.9. The Labute approximate surface area is 275 Å². The number of hydrogen-bond acceptors (Lipinski definition) is 10. The number of nitrogens with zero attached hydrogens (tertiary/aromatic N) is 1. The Bertz CT molecular complexity index is 1970. The summed E-state index contributed by atoms with van der Waals surface area (Å²) in [6.07, 6.45) is -0.0507. The number of nitrogens with one attached hydrogen (secondary N) is 1. The number of para-hydroxylation sites is 1. The largest absolute Gasteiger partial charge is 0.497 e. The van der Waals surface area contributed by atoms with Gasteiger partial charge in [0.1, 0.15) is 35.4 Å². The summed E-state index contributed by atoms with van der Waals surface area (Å²) >= 11 is 0. The van der Waals surface area contributed by atoms with E-state index in [1.165, 1.54) is 30.2 Å². The number of hydrogen-bond donors (Lipinski definition) is 3. The van der Waals surface area contributed by atoms with Crippen LogP contribution in [0.25, 0.3) is 11.0 Å². The topological polar surface area (TPSA) is 165 Å². The second kappa shape index (κ2) is 13.7. The lowest BCUT2D eigenvalue weighted by atomic mass is 9.77. The third kappa shape index (κ3) is 6.03. The normalized spacial score (nSPS) is 19.4. The van der Waals surface area contributed by atoms with E-state index in [2.05, 4.69) is 5.32 Å². The van der Waals surface area contributed by atoms with E-state index < -0.39 is 41.6 Å². The van der Waals surface area contributed by atoms with Gasteiger partial charge >= 0.3 is 5.63 Å². The first kappa shape index (κ1) is 32.5. The van der Waals surface area contributed by atoms with Crippen LogP contribution in [-0.2, 0) is 11.2 Å². The van der Waals surface area contributed by atoms with Crippen LogP contribution in [0.3, 0.4) is 0 Å². The third-order valence-corrected chi connectivity index (χ3v) is 8.68. The minimum Gasteiger partial charge on any atom is -0.497 e. The predicted molar refractivity (Wildman–Crippen MR) is 174 cm³/mol. The lowest BCUT2D eigenvalue weighted by Gasteiger charge is -2.40. The van der Waals surface area contributed by atoms with Crippen LogP contribution < -0.4 is 25.2 Å². The van der Waals surface area contributed by atoms with Gasteiger partial charge in [0.05, 0.1) is 32.8 Å². The van der Waals surface area contributed by atoms with Gasteiger partial charge in [-0.1, -0.05) is 30.3 Å². The van der Waals surface area contributed by atoms with Gasteiger partial charge in [0.15, 0.2) is 11.5 Å². The highest BCUT2D eigenvalue weighted by atomic mass is 16.5. The van der Waals surface area contributed by atoms with E-state index in [-0.39, 0.29) is 47.9 Å². The summed E-state index contributed by atoms with van der Waals surface area (Å²) in [6.45, 7) is -0.355. The minimum atomic E-state index is -1.40. The van der Waals surface area contributed by atoms with Gasteiger partial charge < -0.3 is 39.1 Å². The molecule has 0 spiro atoms. The molecule has 3 aromatic carbocycles. The molecule has 1 aromatic heterocycles. The van der Waals surface area contributed by atoms with Crippen LogP contribution in [0.2, 0.25) is 0 Å². The first-order valence-corrected chi connectivity index (χ1v) is 15.4. The molecule has 4 unspecified atom stereocenters. The number of fused-ring (bicyclic) bond motifs is 4. The Kier molecular flexibility index (Phi) is 9.28. The molecule has 12 nitrogen and oxygen atoms in total. The van der Waals surface area contributed by atoms with Crippen molar-refractivity contribution >= 4 is 29.1 Å². The Morgan fingerprint density at radius 2 is 1.85 bits per heavy atom. The lowest BCUT2D eigenvalue weighted by molar-refractivity contribution is -0.118. The van der Waals surface area contributed by atoms with Gasteiger partial charge in [0.2, 0.25) is 5.91 Å². The van der Waals surface area contributed by atoms with E-state index in [0.717, 1.165) is 5.56 Å². The van der Waals surface area contributed by atoms with Crippen LogP contribution in [0.15, 0.2) is 87.6 Å². The molecule has 0 radical (unpaired) electrons. The summed E-state index contributed by atoms with van der Waals surface area (Å²) in [5.74, 6) is -1.02. The number of rotatable bonds is 11. The molecule has 3 N–H and O–H groups in total. The molecular formula is C36H34N2O10. The van der Waals surface area contributed by atoms with Crippen molar-refractivity contribution < 1.29 is 43.2 Å². The minimum absolute atomic E-state index is 0.0188. The van der Waals surface area contributed by atoms with E-state index in [1.807, 2.05) is 18.2 Å². The van der Waals surface area contributed by atoms with Gasteiger partial charge in [-0.25, -0.2) is 4.79 Å². The number of aliphatic hydroxyl groups excluding tert-OH is 2. The molecule has 0 saturated carbocycles. The molecule has 2 heterocycles. The van der Waals surface area contributed by atoms with E-state index in [1.54, 1.807) is 43.5 Å². The van der Waals surface area contributed by atoms with Crippen molar-refractivity contribution in [1.29, 1.82) is 0 Å². The first-order valence-electron chi connectivity index (χ1n) is 15.4. The zero-order valence-electron chi connectivity index (χ0n) is 26.3. The highest BCUT2D eigenvalue weighted by Gasteiger charge is 2.51. The van der Waals surface area contributed by atoms with Crippen LogP contribution in [0.4, 0.5) is 0 Å². The predicted octanol–water partition coefficient (Wildman–Crippen LogP) is 2.63. The van der Waals surface area contributed by atoms with Gasteiger partial charge in [-0.2, -0.15) is 0 Å². The van der Waals surface area contributed by atoms with Crippen LogP contribution in [-0.4, -0.2) is 85.4 Å². The second-order valence-corrected chi connectivity index (χ2v) is 11.5. The van der Waals surface area contributed by atoms with E-state index in [0.29, 0.717) is 35.0 Å². The molecule has 0 bridgehead atoms. The van der Waals surface area contributed by atoms with Crippen molar-refractivity contribution in [1.82, 2.24) is 10.2 Å². The van der Waals surface area contributed by atoms with Crippen molar-refractivity contribution in [3.63, 3.8) is 0 Å². The molecule has 4 aromatic rings. The average Bonchev–Trinajstić information content (AvgIpc) is 3.50. The van der Waals surface area contributed by atoms with Gasteiger partial charge in [0, 0.05) is 35.2 Å². The van der Waals surface area contributed by atoms with E-state index >= 15 is 0 Å². The number of ether oxygens (including phenoxy) is 3. The fourth-order valence-electron chi connectivity index (χ4n) is 6.39. The molecule has 1 aliphatic carbocycles. The maximum atomic E-state index is 14.4. The summed E-state index contributed by atoms with van der Waals surface area (Å²) in [6, 6.07) is 17.4. The number of amides is 2. The Morgan fingerprint density at radius 3 is 2.60 bits per heavy atom. The van der Waals surface area contributed by atoms with Gasteiger partial charge in [-0.05, 0) is 54.5 Å². The standard InChI is InChI=1S/C36H34N2O10/c1-45-23-8-5-6-20(14-23)10-12-38(35(43)26-17-22-7-3-4-9-28(22)47-36(26)44)27-18-25(34(42)37-11-13-39)30-24-15-21(19-40)16-29(46-2)32(24)48-33(30)31(27)41/h3-9,14-19,27,30-31,33,39,41H,10-13H2,1-2H3,(H,37,42). The molecule has 12 heteroatoms. The van der Waals surface area contributed by atoms with Crippen LogP contribution in [0.5, 0.6) is 17.2 Å². The lowest BCUT2D eigenvalue weighted by Crippen LogP contribution is -2.56. The average molecular weight is 655 g/mol. The fourth-order valence-corrected chi connectivity index (χ4v) is 6.39. The van der Waals surface area contributed by atoms with Crippen molar-refractivity contribution in [3.05, 3.63) is 111 Å². The number of aldehydes is 1. The fraction of sp³-hybridized carbons (Fsp3) is 0.278. The summed E-state index contributed by atoms with van der Waals surface area (Å²) in [4.78, 5) is 54.4. The summed E-state index contributed by atoms with van der Waals surface area (Å²) in [5, 5.41) is 24.6. The molecule has 1 aliphatic heterocycles. The summed E-state index contributed by atoms with van der Waals surface area (Å²) in [7, 11) is 2.96. The first-order chi connectivity index (χ1) is 23.3. The molecule has 0 fully saturated rings. The van der Waals surface area contributed by atoms with Crippen molar-refractivity contribution in [2.75, 3.05) is 33.9 Å². The van der Waals surface area contributed by atoms with Crippen molar-refractivity contribution in [2.24, 2.45) is 0 Å². The van der Waals surface area contributed by atoms with Crippen LogP contribution in [0, 0.1) is 0 Å². The SMILES string of the molecule is COc1cccc(CCN(C(=O)c2cc3ccccc3oc2=O)C2C=C(C(=O)NCCO)C3c4cc(C=O)cc(OC)c4OC3C2O)c1. The quantitative estimate of drug-likeness (QED) is 0.162. The Hall–Kier alpha value is -5.46.